The number of nitrogens with zero attached hydrogens (tertiary/aromatic N) is 2. The highest BCUT2D eigenvalue weighted by Crippen LogP contribution is 2.45. The Morgan fingerprint density at radius 1 is 0.275 bits per heavy atom. The minimum atomic E-state index is -0.132. The van der Waals surface area contributed by atoms with Gasteiger partial charge in [0.25, 0.3) is 0 Å². The van der Waals surface area contributed by atoms with Crippen molar-refractivity contribution in [3.05, 3.63) is 217 Å². The van der Waals surface area contributed by atoms with Crippen LogP contribution >= 0.6 is 0 Å². The molecular weight excluding hydrogens is 835 g/mol. The molecule has 8 aromatic carbocycles. The lowest BCUT2D eigenvalue weighted by atomic mass is 9.83. The van der Waals surface area contributed by atoms with Gasteiger partial charge in [-0.1, -0.05) is 181 Å². The maximum Gasteiger partial charge on any atom is 0.0736 e. The van der Waals surface area contributed by atoms with E-state index in [2.05, 4.69) is 253 Å². The fourth-order valence-corrected chi connectivity index (χ4v) is 10.0. The second-order valence-electron chi connectivity index (χ2n) is 20.8. The van der Waals surface area contributed by atoms with Crippen LogP contribution in [0.5, 0.6) is 0 Å². The molecule has 3 nitrogen and oxygen atoms in total. The molecule has 0 aliphatic carbocycles. The molecule has 12 rings (SSSR count). The number of aromatic amines is 1. The van der Waals surface area contributed by atoms with Crippen molar-refractivity contribution < 1.29 is 0 Å². The van der Waals surface area contributed by atoms with Crippen LogP contribution in [0, 0.1) is 0 Å². The number of hydrogen-bond acceptors (Lipinski definition) is 2. The van der Waals surface area contributed by atoms with E-state index in [1.165, 1.54) is 44.2 Å². The fourth-order valence-electron chi connectivity index (χ4n) is 10.0. The number of H-pyrrole nitrogens is 1. The molecule has 11 aromatic rings. The van der Waals surface area contributed by atoms with Crippen LogP contribution in [0.1, 0.15) is 52.7 Å². The summed E-state index contributed by atoms with van der Waals surface area (Å²) >= 11 is 0. The largest absolute Gasteiger partial charge is 0.353 e. The predicted molar refractivity (Wildman–Crippen MR) is 291 cm³/mol. The highest BCUT2D eigenvalue weighted by Gasteiger charge is 2.26. The van der Waals surface area contributed by atoms with Crippen LogP contribution in [-0.2, 0) is 10.8 Å². The summed E-state index contributed by atoms with van der Waals surface area (Å²) in [4.78, 5) is 15.5. The first-order valence-corrected chi connectivity index (χ1v) is 24.1. The zero-order valence-electron chi connectivity index (χ0n) is 40.0. The highest BCUT2D eigenvalue weighted by molar-refractivity contribution is 6.16. The number of rotatable bonds is 5. The predicted octanol–water partition coefficient (Wildman–Crippen LogP) is 18.0. The molecule has 0 atom stereocenters. The van der Waals surface area contributed by atoms with E-state index < -0.39 is 0 Å². The molecule has 4 heterocycles. The third-order valence-electron chi connectivity index (χ3n) is 14.0. The summed E-state index contributed by atoms with van der Waals surface area (Å²) in [6.45, 7) is 13.9. The van der Waals surface area contributed by atoms with E-state index >= 15 is 0 Å². The highest BCUT2D eigenvalue weighted by atomic mass is 14.8. The standard InChI is InChI=1S/C66H53N3/c1-65(2,3)53-37-55-56-38-54(66(4,5)6)40-58-62-36-50(47-28-24-45(25-29-47)42-18-12-8-13-19-42)34-60(68-62)52-31-48(43-20-14-9-15-21-43)30-51(32-52)59-33-49(35-61(67-59)57(39-53)63(55)69-64(56)58)46-26-22-44(23-27-46)41-16-10-7-11-17-41/h7-40,69H,1-6H3. The summed E-state index contributed by atoms with van der Waals surface area (Å²) in [5.74, 6) is 0. The molecular formula is C66H53N3. The van der Waals surface area contributed by atoms with Gasteiger partial charge in [-0.05, 0) is 144 Å². The summed E-state index contributed by atoms with van der Waals surface area (Å²) in [7, 11) is 0. The van der Waals surface area contributed by atoms with Crippen LogP contribution in [0.25, 0.3) is 122 Å². The Morgan fingerprint density at radius 3 is 0.928 bits per heavy atom. The van der Waals surface area contributed by atoms with Gasteiger partial charge < -0.3 is 4.98 Å². The number of nitrogens with one attached hydrogen (secondary N) is 1. The smallest absolute Gasteiger partial charge is 0.0736 e. The molecule has 69 heavy (non-hydrogen) atoms. The van der Waals surface area contributed by atoms with E-state index in [-0.39, 0.29) is 10.8 Å². The maximum atomic E-state index is 5.70. The minimum absolute atomic E-state index is 0.132. The van der Waals surface area contributed by atoms with Gasteiger partial charge in [0, 0.05) is 33.0 Å². The number of fused-ring (bicyclic) bond motifs is 11. The average molecular weight is 888 g/mol. The van der Waals surface area contributed by atoms with Gasteiger partial charge in [-0.25, -0.2) is 9.97 Å². The molecule has 3 heteroatoms. The number of aromatic nitrogens is 3. The van der Waals surface area contributed by atoms with E-state index in [4.69, 9.17) is 9.97 Å². The normalized spacial score (nSPS) is 12.2. The van der Waals surface area contributed by atoms with Crippen LogP contribution in [-0.4, -0.2) is 15.0 Å². The van der Waals surface area contributed by atoms with Crippen molar-refractivity contribution in [2.75, 3.05) is 0 Å². The summed E-state index contributed by atoms with van der Waals surface area (Å²) in [6, 6.07) is 75.5. The van der Waals surface area contributed by atoms with Gasteiger partial charge in [-0.3, -0.25) is 0 Å². The van der Waals surface area contributed by atoms with Gasteiger partial charge in [0.2, 0.25) is 0 Å². The van der Waals surface area contributed by atoms with Gasteiger partial charge in [-0.15, -0.1) is 0 Å². The first-order chi connectivity index (χ1) is 33.4. The minimum Gasteiger partial charge on any atom is -0.353 e. The summed E-state index contributed by atoms with van der Waals surface area (Å²) < 4.78 is 0. The van der Waals surface area contributed by atoms with E-state index in [9.17, 15) is 0 Å². The molecule has 3 aromatic heterocycles. The first-order valence-electron chi connectivity index (χ1n) is 24.1. The Bertz CT molecular complexity index is 3510. The Morgan fingerprint density at radius 2 is 0.565 bits per heavy atom. The lowest BCUT2D eigenvalue weighted by Gasteiger charge is -2.22. The van der Waals surface area contributed by atoms with Crippen molar-refractivity contribution in [2.45, 2.75) is 52.4 Å². The quantitative estimate of drug-likeness (QED) is 0.187. The molecule has 1 aliphatic heterocycles. The van der Waals surface area contributed by atoms with E-state index in [1.807, 2.05) is 0 Å². The van der Waals surface area contributed by atoms with E-state index in [0.29, 0.717) is 0 Å². The van der Waals surface area contributed by atoms with Crippen molar-refractivity contribution in [3.63, 3.8) is 0 Å². The van der Waals surface area contributed by atoms with Crippen LogP contribution in [0.4, 0.5) is 0 Å². The van der Waals surface area contributed by atoms with E-state index in [0.717, 1.165) is 89.4 Å². The van der Waals surface area contributed by atoms with Gasteiger partial charge in [-0.2, -0.15) is 0 Å². The van der Waals surface area contributed by atoms with Crippen LogP contribution < -0.4 is 0 Å². The second kappa shape index (κ2) is 16.3. The SMILES string of the molecule is CC(C)(C)c1cc2c3[nH]c4c(cc(C(C)(C)C)cc4c3c1)-c1cc(-c3ccc(-c4ccccc4)cc3)cc(n1)-c1cc(-c3ccccc3)cc(c1)-c1cc(-c3ccc(-c4ccccc4)cc3)cc-2n1. The molecule has 1 N–H and O–H groups in total. The Balaban J connectivity index is 1.19. The molecule has 0 amide bonds. The second-order valence-corrected chi connectivity index (χ2v) is 20.8. The molecule has 1 aliphatic rings. The van der Waals surface area contributed by atoms with Gasteiger partial charge in [0.15, 0.2) is 0 Å². The Hall–Kier alpha value is -8.14. The maximum absolute atomic E-state index is 5.70. The van der Waals surface area contributed by atoms with Crippen molar-refractivity contribution in [3.8, 4) is 101 Å². The fraction of sp³-hybridized carbons (Fsp3) is 0.121. The molecule has 332 valence electrons. The van der Waals surface area contributed by atoms with Crippen LogP contribution in [0.2, 0.25) is 0 Å². The number of benzene rings is 8. The van der Waals surface area contributed by atoms with Gasteiger partial charge in [0.05, 0.1) is 33.8 Å². The van der Waals surface area contributed by atoms with Crippen molar-refractivity contribution in [2.24, 2.45) is 0 Å². The molecule has 8 bridgehead atoms. The third-order valence-corrected chi connectivity index (χ3v) is 14.0. The van der Waals surface area contributed by atoms with Crippen molar-refractivity contribution in [1.82, 2.24) is 15.0 Å². The zero-order chi connectivity index (χ0) is 47.0. The lowest BCUT2D eigenvalue weighted by Crippen LogP contribution is -2.11. The molecule has 0 saturated carbocycles. The molecule has 0 fully saturated rings. The third kappa shape index (κ3) is 7.84. The van der Waals surface area contributed by atoms with Gasteiger partial charge in [0.1, 0.15) is 0 Å². The summed E-state index contributed by atoms with van der Waals surface area (Å²) in [5, 5.41) is 2.38. The molecule has 0 radical (unpaired) electrons. The number of hydrogen-bond donors (Lipinski definition) is 1. The van der Waals surface area contributed by atoms with Crippen molar-refractivity contribution >= 4 is 21.8 Å². The number of pyridine rings is 2. The zero-order valence-corrected chi connectivity index (χ0v) is 40.0. The average Bonchev–Trinajstić information content (AvgIpc) is 3.77. The Labute approximate surface area is 405 Å². The topological polar surface area (TPSA) is 41.6 Å². The van der Waals surface area contributed by atoms with Crippen molar-refractivity contribution in [1.29, 1.82) is 0 Å². The molecule has 0 spiro atoms. The summed E-state index contributed by atoms with van der Waals surface area (Å²) in [6.07, 6.45) is 0. The molecule has 0 unspecified atom stereocenters. The van der Waals surface area contributed by atoms with Gasteiger partial charge >= 0.3 is 0 Å². The Kier molecular flexibility index (Phi) is 9.97. The first kappa shape index (κ1) is 42.2. The summed E-state index contributed by atoms with van der Waals surface area (Å²) in [5.41, 5.74) is 23.8. The van der Waals surface area contributed by atoms with Crippen LogP contribution in [0.3, 0.4) is 0 Å². The monoisotopic (exact) mass is 887 g/mol. The van der Waals surface area contributed by atoms with Crippen LogP contribution in [0.15, 0.2) is 206 Å². The molecule has 0 saturated heterocycles. The lowest BCUT2D eigenvalue weighted by molar-refractivity contribution is 0.590. The van der Waals surface area contributed by atoms with E-state index in [1.54, 1.807) is 0 Å².